The number of amides is 1. The zero-order valence-corrected chi connectivity index (χ0v) is 18.6. The predicted octanol–water partition coefficient (Wildman–Crippen LogP) is 1.82. The molecule has 1 aromatic heterocycles. The van der Waals surface area contributed by atoms with Gasteiger partial charge in [0.25, 0.3) is 5.91 Å². The summed E-state index contributed by atoms with van der Waals surface area (Å²) in [5, 5.41) is 10.4. The molecule has 1 saturated heterocycles. The molecule has 0 unspecified atom stereocenters. The minimum absolute atomic E-state index is 0.139. The van der Waals surface area contributed by atoms with E-state index >= 15 is 0 Å². The third-order valence-corrected chi connectivity index (χ3v) is 8.52. The van der Waals surface area contributed by atoms with E-state index in [4.69, 9.17) is 9.88 Å². The van der Waals surface area contributed by atoms with Gasteiger partial charge >= 0.3 is 0 Å². The molecule has 0 spiro atoms. The Bertz CT molecular complexity index is 1240. The molecular weight excluding hydrogens is 433 g/mol. The summed E-state index contributed by atoms with van der Waals surface area (Å²) in [5.74, 6) is -0.311. The molecule has 32 heavy (non-hydrogen) atoms. The summed E-state index contributed by atoms with van der Waals surface area (Å²) in [4.78, 5) is 15.8. The minimum Gasteiger partial charge on any atom is -0.475 e. The first kappa shape index (κ1) is 20.3. The summed E-state index contributed by atoms with van der Waals surface area (Å²) in [6.07, 6.45) is 4.62. The highest BCUT2D eigenvalue weighted by Gasteiger charge is 2.34. The first-order chi connectivity index (χ1) is 15.4. The summed E-state index contributed by atoms with van der Waals surface area (Å²) < 4.78 is 39.1. The number of benzene rings is 1. The van der Waals surface area contributed by atoms with E-state index in [0.717, 1.165) is 49.0 Å². The van der Waals surface area contributed by atoms with Crippen LogP contribution in [0, 0.1) is 0 Å². The zero-order chi connectivity index (χ0) is 22.0. The monoisotopic (exact) mass is 459 g/mol. The lowest BCUT2D eigenvalue weighted by molar-refractivity contribution is 0.0417. The maximum atomic E-state index is 14.2. The number of carbonyl (C=O) groups excluding carboxylic acids is 1. The molecule has 10 heteroatoms. The second-order valence-corrected chi connectivity index (χ2v) is 11.0. The van der Waals surface area contributed by atoms with E-state index in [9.17, 15) is 13.4 Å². The Hall–Kier alpha value is -2.30. The van der Waals surface area contributed by atoms with Gasteiger partial charge in [-0.25, -0.2) is 18.4 Å². The highest BCUT2D eigenvalue weighted by molar-refractivity contribution is 7.91. The SMILES string of the molecule is N[S@@](=O)(=NC(=O)c1c2c(cc3c1C[C@H](F)C3)CCC2)c1cnn2c1OC[C@@H](N1CCC1)C2. The molecule has 3 atom stereocenters. The molecule has 1 aromatic carbocycles. The Morgan fingerprint density at radius 1 is 1.22 bits per heavy atom. The molecule has 4 aliphatic rings. The van der Waals surface area contributed by atoms with E-state index in [-0.39, 0.29) is 17.4 Å². The second kappa shape index (κ2) is 7.36. The van der Waals surface area contributed by atoms with Crippen molar-refractivity contribution in [1.82, 2.24) is 14.7 Å². The van der Waals surface area contributed by atoms with Crippen LogP contribution >= 0.6 is 0 Å². The molecule has 8 nitrogen and oxygen atoms in total. The number of carbonyl (C=O) groups is 1. The Morgan fingerprint density at radius 2 is 2.06 bits per heavy atom. The number of hydrogen-bond acceptors (Lipinski definition) is 5. The maximum Gasteiger partial charge on any atom is 0.286 e. The molecular formula is C22H26FN5O3S. The van der Waals surface area contributed by atoms with Crippen molar-refractivity contribution >= 4 is 15.8 Å². The lowest BCUT2D eigenvalue weighted by atomic mass is 9.94. The van der Waals surface area contributed by atoms with Gasteiger partial charge in [-0.2, -0.15) is 5.10 Å². The van der Waals surface area contributed by atoms with E-state index in [1.165, 1.54) is 12.6 Å². The largest absolute Gasteiger partial charge is 0.475 e. The summed E-state index contributed by atoms with van der Waals surface area (Å²) in [5.41, 5.74) is 3.96. The number of alkyl halides is 1. The van der Waals surface area contributed by atoms with Crippen LogP contribution in [0.5, 0.6) is 5.88 Å². The number of fused-ring (bicyclic) bond motifs is 3. The van der Waals surface area contributed by atoms with Crippen LogP contribution in [-0.4, -0.2) is 56.7 Å². The smallest absolute Gasteiger partial charge is 0.286 e. The van der Waals surface area contributed by atoms with Gasteiger partial charge in [-0.05, 0) is 61.0 Å². The van der Waals surface area contributed by atoms with Crippen molar-refractivity contribution in [2.24, 2.45) is 9.50 Å². The molecule has 6 rings (SSSR count). The molecule has 2 aliphatic carbocycles. The number of aromatic nitrogens is 2. The van der Waals surface area contributed by atoms with Crippen molar-refractivity contribution in [2.75, 3.05) is 19.7 Å². The van der Waals surface area contributed by atoms with Crippen LogP contribution in [0.25, 0.3) is 0 Å². The molecule has 2 aromatic rings. The van der Waals surface area contributed by atoms with Crippen LogP contribution in [0.4, 0.5) is 4.39 Å². The van der Waals surface area contributed by atoms with Gasteiger partial charge in [-0.3, -0.25) is 9.69 Å². The Kier molecular flexibility index (Phi) is 4.67. The van der Waals surface area contributed by atoms with Crippen LogP contribution in [-0.2, 0) is 42.1 Å². The van der Waals surface area contributed by atoms with Crippen molar-refractivity contribution in [2.45, 2.75) is 62.2 Å². The van der Waals surface area contributed by atoms with Gasteiger partial charge in [0, 0.05) is 18.4 Å². The minimum atomic E-state index is -3.57. The Balaban J connectivity index is 1.36. The van der Waals surface area contributed by atoms with Gasteiger partial charge in [0.1, 0.15) is 27.6 Å². The van der Waals surface area contributed by atoms with Gasteiger partial charge in [0.15, 0.2) is 0 Å². The van der Waals surface area contributed by atoms with Crippen molar-refractivity contribution in [1.29, 1.82) is 0 Å². The van der Waals surface area contributed by atoms with Crippen LogP contribution < -0.4 is 9.88 Å². The Morgan fingerprint density at radius 3 is 2.84 bits per heavy atom. The molecule has 0 radical (unpaired) electrons. The quantitative estimate of drug-likeness (QED) is 0.754. The van der Waals surface area contributed by atoms with E-state index in [2.05, 4.69) is 14.4 Å². The molecule has 170 valence electrons. The van der Waals surface area contributed by atoms with E-state index in [0.29, 0.717) is 36.6 Å². The normalized spacial score (nSPS) is 25.8. The molecule has 1 amide bonds. The number of likely N-dealkylation sites (tertiary alicyclic amines) is 1. The van der Waals surface area contributed by atoms with Crippen molar-refractivity contribution in [3.8, 4) is 5.88 Å². The first-order valence-electron chi connectivity index (χ1n) is 11.2. The number of rotatable bonds is 3. The Labute approximate surface area is 186 Å². The van der Waals surface area contributed by atoms with Crippen molar-refractivity contribution < 1.29 is 18.1 Å². The standard InChI is InChI=1S/C22H26FN5O3S/c23-15-8-14-7-13-3-1-4-17(13)20(18(14)9-15)21(29)26-32(24,30)19-10-25-28-11-16(12-31-22(19)28)27-5-2-6-27/h7,10,15-16H,1-6,8-9,11-12H2,(H2,24,26,29,30)/t15-,16+,32-/m1/s1. The number of ether oxygens (including phenoxy) is 1. The number of nitrogens with zero attached hydrogens (tertiary/aromatic N) is 4. The van der Waals surface area contributed by atoms with Crippen molar-refractivity contribution in [3.63, 3.8) is 0 Å². The van der Waals surface area contributed by atoms with Crippen LogP contribution in [0.1, 0.15) is 45.5 Å². The lowest BCUT2D eigenvalue weighted by Gasteiger charge is -2.40. The van der Waals surface area contributed by atoms with E-state index < -0.39 is 22.0 Å². The summed E-state index contributed by atoms with van der Waals surface area (Å²) in [6, 6.07) is 2.25. The fraction of sp³-hybridized carbons (Fsp3) is 0.545. The molecule has 3 heterocycles. The van der Waals surface area contributed by atoms with Gasteiger partial charge in [-0.15, -0.1) is 4.36 Å². The maximum absolute atomic E-state index is 14.2. The average Bonchev–Trinajstić information content (AvgIpc) is 3.40. The topological polar surface area (TPSA) is 103 Å². The van der Waals surface area contributed by atoms with Crippen LogP contribution in [0.15, 0.2) is 21.5 Å². The molecule has 2 N–H and O–H groups in total. The molecule has 2 aliphatic heterocycles. The van der Waals surface area contributed by atoms with Crippen LogP contribution in [0.3, 0.4) is 0 Å². The fourth-order valence-electron chi connectivity index (χ4n) is 5.46. The first-order valence-corrected chi connectivity index (χ1v) is 12.8. The number of hydrogen-bond donors (Lipinski definition) is 1. The van der Waals surface area contributed by atoms with E-state index in [1.807, 2.05) is 6.07 Å². The average molecular weight is 460 g/mol. The molecule has 1 fully saturated rings. The van der Waals surface area contributed by atoms with Crippen molar-refractivity contribution in [3.05, 3.63) is 40.1 Å². The number of halogens is 1. The lowest BCUT2D eigenvalue weighted by Crippen LogP contribution is -2.51. The summed E-state index contributed by atoms with van der Waals surface area (Å²) in [6.45, 7) is 3.16. The summed E-state index contributed by atoms with van der Waals surface area (Å²) in [7, 11) is -3.57. The molecule has 0 bridgehead atoms. The predicted molar refractivity (Wildman–Crippen MR) is 116 cm³/mol. The van der Waals surface area contributed by atoms with Gasteiger partial charge < -0.3 is 4.74 Å². The van der Waals surface area contributed by atoms with Gasteiger partial charge in [0.2, 0.25) is 5.88 Å². The fourth-order valence-corrected chi connectivity index (χ4v) is 6.51. The third kappa shape index (κ3) is 3.19. The number of nitrogens with two attached hydrogens (primary N) is 1. The van der Waals surface area contributed by atoms with Gasteiger partial charge in [-0.1, -0.05) is 6.07 Å². The van der Waals surface area contributed by atoms with Crippen LogP contribution in [0.2, 0.25) is 0 Å². The number of aryl methyl sites for hydroxylation is 1. The third-order valence-electron chi connectivity index (χ3n) is 7.18. The second-order valence-electron chi connectivity index (χ2n) is 9.20. The molecule has 0 saturated carbocycles. The summed E-state index contributed by atoms with van der Waals surface area (Å²) >= 11 is 0. The highest BCUT2D eigenvalue weighted by Crippen LogP contribution is 2.37. The van der Waals surface area contributed by atoms with E-state index in [1.54, 1.807) is 4.68 Å². The van der Waals surface area contributed by atoms with Gasteiger partial charge in [0.05, 0.1) is 18.8 Å². The highest BCUT2D eigenvalue weighted by atomic mass is 32.2. The zero-order valence-electron chi connectivity index (χ0n) is 17.8.